The van der Waals surface area contributed by atoms with Crippen molar-refractivity contribution in [2.75, 3.05) is 26.0 Å². The van der Waals surface area contributed by atoms with Gasteiger partial charge in [0.15, 0.2) is 0 Å². The van der Waals surface area contributed by atoms with Gasteiger partial charge >= 0.3 is 0 Å². The molecule has 0 spiro atoms. The number of halogens is 1. The summed E-state index contributed by atoms with van der Waals surface area (Å²) in [4.78, 5) is 12.8. The largest absolute Gasteiger partial charge is 0.382 e. The smallest absolute Gasteiger partial charge is 0.223 e. The highest BCUT2D eigenvalue weighted by Crippen LogP contribution is 2.18. The van der Waals surface area contributed by atoms with E-state index in [1.165, 1.54) is 11.0 Å². The van der Waals surface area contributed by atoms with Gasteiger partial charge in [0.05, 0.1) is 5.69 Å². The zero-order chi connectivity index (χ0) is 12.1. The third-order valence-corrected chi connectivity index (χ3v) is 2.36. The van der Waals surface area contributed by atoms with Gasteiger partial charge < -0.3 is 10.2 Å². The molecule has 0 saturated heterocycles. The fraction of sp³-hybridized carbons (Fsp3) is 0.417. The molecule has 0 atom stereocenters. The minimum Gasteiger partial charge on any atom is -0.382 e. The highest BCUT2D eigenvalue weighted by Gasteiger charge is 2.06. The summed E-state index contributed by atoms with van der Waals surface area (Å²) in [5.41, 5.74) is 1.33. The van der Waals surface area contributed by atoms with E-state index in [9.17, 15) is 9.18 Å². The molecule has 0 bridgehead atoms. The molecule has 0 radical (unpaired) electrons. The topological polar surface area (TPSA) is 32.3 Å². The lowest BCUT2D eigenvalue weighted by Gasteiger charge is -2.12. The summed E-state index contributed by atoms with van der Waals surface area (Å²) in [6.45, 7) is 2.28. The molecule has 0 unspecified atom stereocenters. The SMILES string of the molecule is Cc1cccc(F)c1NCCC(=O)N(C)C. The molecular formula is C12H17FN2O. The normalized spacial score (nSPS) is 10.0. The number of hydrogen-bond donors (Lipinski definition) is 1. The average Bonchev–Trinajstić information content (AvgIpc) is 2.22. The zero-order valence-corrected chi connectivity index (χ0v) is 9.88. The second-order valence-corrected chi connectivity index (χ2v) is 3.90. The van der Waals surface area contributed by atoms with Crippen LogP contribution in [0.1, 0.15) is 12.0 Å². The van der Waals surface area contributed by atoms with Gasteiger partial charge in [-0.1, -0.05) is 12.1 Å². The zero-order valence-electron chi connectivity index (χ0n) is 9.88. The van der Waals surface area contributed by atoms with Crippen molar-refractivity contribution in [1.29, 1.82) is 0 Å². The van der Waals surface area contributed by atoms with Crippen LogP contribution in [0.4, 0.5) is 10.1 Å². The molecule has 88 valence electrons. The second-order valence-electron chi connectivity index (χ2n) is 3.90. The maximum atomic E-state index is 13.4. The van der Waals surface area contributed by atoms with E-state index >= 15 is 0 Å². The molecule has 0 aliphatic heterocycles. The first-order chi connectivity index (χ1) is 7.52. The quantitative estimate of drug-likeness (QED) is 0.848. The fourth-order valence-corrected chi connectivity index (χ4v) is 1.37. The van der Waals surface area contributed by atoms with E-state index in [2.05, 4.69) is 5.32 Å². The maximum Gasteiger partial charge on any atom is 0.223 e. The van der Waals surface area contributed by atoms with E-state index in [1.807, 2.05) is 13.0 Å². The first-order valence-electron chi connectivity index (χ1n) is 5.21. The van der Waals surface area contributed by atoms with E-state index in [0.29, 0.717) is 18.7 Å². The van der Waals surface area contributed by atoms with Crippen molar-refractivity contribution in [3.8, 4) is 0 Å². The molecule has 0 saturated carbocycles. The molecule has 0 heterocycles. The molecule has 1 rings (SSSR count). The average molecular weight is 224 g/mol. The van der Waals surface area contributed by atoms with Gasteiger partial charge in [0.2, 0.25) is 5.91 Å². The van der Waals surface area contributed by atoms with Gasteiger partial charge in [-0.25, -0.2) is 4.39 Å². The fourth-order valence-electron chi connectivity index (χ4n) is 1.37. The lowest BCUT2D eigenvalue weighted by molar-refractivity contribution is -0.128. The van der Waals surface area contributed by atoms with Crippen LogP contribution in [0, 0.1) is 12.7 Å². The first kappa shape index (κ1) is 12.5. The number of hydrogen-bond acceptors (Lipinski definition) is 2. The Kier molecular flexibility index (Phi) is 4.28. The number of aryl methyl sites for hydroxylation is 1. The Morgan fingerprint density at radius 3 is 2.69 bits per heavy atom. The number of amides is 1. The van der Waals surface area contributed by atoms with Crippen LogP contribution in [0.25, 0.3) is 0 Å². The summed E-state index contributed by atoms with van der Waals surface area (Å²) in [6, 6.07) is 4.91. The Bertz CT molecular complexity index is 357. The standard InChI is InChI=1S/C12H17FN2O/c1-9-5-4-6-10(13)12(9)14-8-7-11(16)15(2)3/h4-6,14H,7-8H2,1-3H3. The predicted molar refractivity (Wildman–Crippen MR) is 62.9 cm³/mol. The molecule has 1 N–H and O–H groups in total. The molecule has 0 aliphatic rings. The van der Waals surface area contributed by atoms with Crippen molar-refractivity contribution in [1.82, 2.24) is 4.90 Å². The Labute approximate surface area is 95.3 Å². The van der Waals surface area contributed by atoms with Crippen LogP contribution in [-0.4, -0.2) is 31.4 Å². The Hall–Kier alpha value is -1.58. The summed E-state index contributed by atoms with van der Waals surface area (Å²) in [7, 11) is 3.41. The minimum atomic E-state index is -0.280. The monoisotopic (exact) mass is 224 g/mol. The number of para-hydroxylation sites is 1. The van der Waals surface area contributed by atoms with Crippen molar-refractivity contribution in [2.24, 2.45) is 0 Å². The summed E-state index contributed by atoms with van der Waals surface area (Å²) in [5.74, 6) is -0.251. The Morgan fingerprint density at radius 2 is 2.12 bits per heavy atom. The summed E-state index contributed by atoms with van der Waals surface area (Å²) >= 11 is 0. The molecule has 1 aromatic rings. The number of nitrogens with zero attached hydrogens (tertiary/aromatic N) is 1. The molecule has 0 aliphatic carbocycles. The van der Waals surface area contributed by atoms with Gasteiger partial charge in [-0.3, -0.25) is 4.79 Å². The molecule has 3 nitrogen and oxygen atoms in total. The number of nitrogens with one attached hydrogen (secondary N) is 1. The highest BCUT2D eigenvalue weighted by molar-refractivity contribution is 5.76. The van der Waals surface area contributed by atoms with E-state index in [-0.39, 0.29) is 11.7 Å². The van der Waals surface area contributed by atoms with Crippen molar-refractivity contribution in [3.05, 3.63) is 29.6 Å². The second kappa shape index (κ2) is 5.49. The van der Waals surface area contributed by atoms with Gasteiger partial charge in [0.25, 0.3) is 0 Å². The maximum absolute atomic E-state index is 13.4. The van der Waals surface area contributed by atoms with Crippen LogP contribution in [0.5, 0.6) is 0 Å². The van der Waals surface area contributed by atoms with Crippen molar-refractivity contribution in [3.63, 3.8) is 0 Å². The minimum absolute atomic E-state index is 0.0292. The van der Waals surface area contributed by atoms with E-state index in [4.69, 9.17) is 0 Å². The molecular weight excluding hydrogens is 207 g/mol. The predicted octanol–water partition coefficient (Wildman–Crippen LogP) is 2.02. The van der Waals surface area contributed by atoms with Gasteiger partial charge in [0, 0.05) is 27.1 Å². The van der Waals surface area contributed by atoms with Crippen LogP contribution < -0.4 is 5.32 Å². The number of benzene rings is 1. The van der Waals surface area contributed by atoms with Gasteiger partial charge in [-0.2, -0.15) is 0 Å². The first-order valence-corrected chi connectivity index (χ1v) is 5.21. The number of rotatable bonds is 4. The number of carbonyl (C=O) groups is 1. The van der Waals surface area contributed by atoms with Crippen LogP contribution in [0.3, 0.4) is 0 Å². The van der Waals surface area contributed by atoms with Crippen molar-refractivity contribution in [2.45, 2.75) is 13.3 Å². The molecule has 4 heteroatoms. The summed E-state index contributed by atoms with van der Waals surface area (Å²) in [5, 5.41) is 2.94. The van der Waals surface area contributed by atoms with Crippen LogP contribution in [-0.2, 0) is 4.79 Å². The third kappa shape index (κ3) is 3.22. The van der Waals surface area contributed by atoms with Gasteiger partial charge in [-0.15, -0.1) is 0 Å². The highest BCUT2D eigenvalue weighted by atomic mass is 19.1. The molecule has 0 aromatic heterocycles. The number of anilines is 1. The third-order valence-electron chi connectivity index (χ3n) is 2.36. The molecule has 0 fully saturated rings. The van der Waals surface area contributed by atoms with Crippen molar-refractivity contribution >= 4 is 11.6 Å². The van der Waals surface area contributed by atoms with Crippen molar-refractivity contribution < 1.29 is 9.18 Å². The van der Waals surface area contributed by atoms with Crippen LogP contribution in [0.15, 0.2) is 18.2 Å². The van der Waals surface area contributed by atoms with Gasteiger partial charge in [-0.05, 0) is 18.6 Å². The van der Waals surface area contributed by atoms with Crippen LogP contribution in [0.2, 0.25) is 0 Å². The van der Waals surface area contributed by atoms with E-state index in [1.54, 1.807) is 20.2 Å². The Morgan fingerprint density at radius 1 is 1.44 bits per heavy atom. The lowest BCUT2D eigenvalue weighted by atomic mass is 10.2. The molecule has 1 amide bonds. The summed E-state index contributed by atoms with van der Waals surface area (Å²) < 4.78 is 13.4. The molecule has 16 heavy (non-hydrogen) atoms. The molecule has 1 aromatic carbocycles. The number of carbonyl (C=O) groups excluding carboxylic acids is 1. The van der Waals surface area contributed by atoms with Crippen LogP contribution >= 0.6 is 0 Å². The summed E-state index contributed by atoms with van der Waals surface area (Å²) in [6.07, 6.45) is 0.362. The van der Waals surface area contributed by atoms with E-state index < -0.39 is 0 Å². The van der Waals surface area contributed by atoms with E-state index in [0.717, 1.165) is 5.56 Å². The lowest BCUT2D eigenvalue weighted by Crippen LogP contribution is -2.24. The van der Waals surface area contributed by atoms with Gasteiger partial charge in [0.1, 0.15) is 5.82 Å². The Balaban J connectivity index is 2.52.